The highest BCUT2D eigenvalue weighted by Crippen LogP contribution is 1.99. The summed E-state index contributed by atoms with van der Waals surface area (Å²) in [7, 11) is 0. The summed E-state index contributed by atoms with van der Waals surface area (Å²) in [4.78, 5) is 25.7. The fourth-order valence-electron chi connectivity index (χ4n) is 1.57. The number of hydrogen-bond acceptors (Lipinski definition) is 4. The summed E-state index contributed by atoms with van der Waals surface area (Å²) in [6.07, 6.45) is 3.47. The molecule has 0 spiro atoms. The zero-order chi connectivity index (χ0) is 15.4. The van der Waals surface area contributed by atoms with Gasteiger partial charge in [-0.2, -0.15) is 0 Å². The second-order valence-electron chi connectivity index (χ2n) is 4.55. The van der Waals surface area contributed by atoms with Crippen LogP contribution < -0.4 is 22.5 Å². The minimum Gasteiger partial charge on any atom is -0.481 e. The summed E-state index contributed by atoms with van der Waals surface area (Å²) in [6, 6.07) is -0.566. The van der Waals surface area contributed by atoms with Gasteiger partial charge in [0, 0.05) is 19.5 Å². The number of hydrogen-bond donors (Lipinski definition) is 5. The lowest BCUT2D eigenvalue weighted by Gasteiger charge is -2.11. The first-order valence-corrected chi connectivity index (χ1v) is 6.74. The van der Waals surface area contributed by atoms with E-state index < -0.39 is 12.0 Å². The van der Waals surface area contributed by atoms with Gasteiger partial charge in [0.25, 0.3) is 0 Å². The van der Waals surface area contributed by atoms with E-state index in [2.05, 4.69) is 10.3 Å². The molecule has 0 aliphatic carbocycles. The average molecular weight is 287 g/mol. The summed E-state index contributed by atoms with van der Waals surface area (Å²) in [5.41, 5.74) is 16.1. The van der Waals surface area contributed by atoms with E-state index in [1.165, 1.54) is 0 Å². The summed E-state index contributed by atoms with van der Waals surface area (Å²) in [5.74, 6) is -0.964. The number of nitrogens with one attached hydrogen (secondary N) is 1. The van der Waals surface area contributed by atoms with Gasteiger partial charge >= 0.3 is 5.97 Å². The maximum atomic E-state index is 11.6. The summed E-state index contributed by atoms with van der Waals surface area (Å²) >= 11 is 0. The van der Waals surface area contributed by atoms with Gasteiger partial charge in [0.05, 0.1) is 6.04 Å². The molecule has 1 amide bonds. The van der Waals surface area contributed by atoms with Gasteiger partial charge in [0.1, 0.15) is 0 Å². The van der Waals surface area contributed by atoms with E-state index in [4.69, 9.17) is 22.3 Å². The fraction of sp³-hybridized carbons (Fsp3) is 0.750. The normalized spacial score (nSPS) is 11.7. The SMILES string of the molecule is NC(N)=NCCC[C@H](N)C(=O)NCCCCCC(=O)O. The number of unbranched alkanes of at least 4 members (excludes halogenated alkanes) is 2. The molecule has 0 unspecified atom stereocenters. The van der Waals surface area contributed by atoms with Gasteiger partial charge < -0.3 is 27.6 Å². The predicted octanol–water partition coefficient (Wildman–Crippen LogP) is -0.871. The molecule has 0 bridgehead atoms. The van der Waals surface area contributed by atoms with Crippen LogP contribution >= 0.6 is 0 Å². The third-order valence-corrected chi connectivity index (χ3v) is 2.67. The largest absolute Gasteiger partial charge is 0.481 e. The zero-order valence-electron chi connectivity index (χ0n) is 11.7. The van der Waals surface area contributed by atoms with E-state index in [1.807, 2.05) is 0 Å². The number of aliphatic carboxylic acids is 1. The Hall–Kier alpha value is -1.83. The molecule has 8 heteroatoms. The third kappa shape index (κ3) is 11.3. The topological polar surface area (TPSA) is 157 Å². The number of carboxylic acid groups (broad SMARTS) is 1. The van der Waals surface area contributed by atoms with Crippen LogP contribution in [0, 0.1) is 0 Å². The van der Waals surface area contributed by atoms with E-state index in [9.17, 15) is 9.59 Å². The molecule has 20 heavy (non-hydrogen) atoms. The Bertz CT molecular complexity index is 329. The molecule has 0 aliphatic heterocycles. The molecule has 0 aromatic heterocycles. The van der Waals surface area contributed by atoms with Gasteiger partial charge in [-0.3, -0.25) is 14.6 Å². The molecular formula is C12H25N5O3. The van der Waals surface area contributed by atoms with Gasteiger partial charge in [0.15, 0.2) is 5.96 Å². The van der Waals surface area contributed by atoms with Gasteiger partial charge in [-0.05, 0) is 25.7 Å². The molecule has 0 saturated heterocycles. The number of carbonyl (C=O) groups is 2. The highest BCUT2D eigenvalue weighted by Gasteiger charge is 2.11. The molecule has 0 radical (unpaired) electrons. The Morgan fingerprint density at radius 1 is 1.15 bits per heavy atom. The quantitative estimate of drug-likeness (QED) is 0.189. The van der Waals surface area contributed by atoms with Crippen molar-refractivity contribution in [1.29, 1.82) is 0 Å². The standard InChI is InChI=1S/C12H25N5O3/c13-9(5-4-8-17-12(14)15)11(20)16-7-3-1-2-6-10(18)19/h9H,1-8,13H2,(H,16,20)(H,18,19)(H4,14,15,17)/t9-/m0/s1. The van der Waals surface area contributed by atoms with E-state index in [1.54, 1.807) is 0 Å². The van der Waals surface area contributed by atoms with Crippen molar-refractivity contribution in [2.24, 2.45) is 22.2 Å². The van der Waals surface area contributed by atoms with E-state index in [-0.39, 0.29) is 18.3 Å². The zero-order valence-corrected chi connectivity index (χ0v) is 11.7. The van der Waals surface area contributed by atoms with E-state index >= 15 is 0 Å². The van der Waals surface area contributed by atoms with Crippen LogP contribution in [0.15, 0.2) is 4.99 Å². The maximum Gasteiger partial charge on any atom is 0.303 e. The van der Waals surface area contributed by atoms with Crippen molar-refractivity contribution < 1.29 is 14.7 Å². The van der Waals surface area contributed by atoms with Crippen molar-refractivity contribution in [2.45, 2.75) is 44.6 Å². The van der Waals surface area contributed by atoms with Crippen LogP contribution in [0.1, 0.15) is 38.5 Å². The van der Waals surface area contributed by atoms with Gasteiger partial charge in [-0.1, -0.05) is 6.42 Å². The molecule has 8 nitrogen and oxygen atoms in total. The van der Waals surface area contributed by atoms with Crippen LogP contribution in [0.5, 0.6) is 0 Å². The maximum absolute atomic E-state index is 11.6. The van der Waals surface area contributed by atoms with Crippen molar-refractivity contribution in [1.82, 2.24) is 5.32 Å². The second kappa shape index (κ2) is 11.0. The van der Waals surface area contributed by atoms with Crippen LogP contribution in [0.4, 0.5) is 0 Å². The van der Waals surface area contributed by atoms with Crippen LogP contribution in [-0.2, 0) is 9.59 Å². The number of carbonyl (C=O) groups excluding carboxylic acids is 1. The number of nitrogens with zero attached hydrogens (tertiary/aromatic N) is 1. The first-order chi connectivity index (χ1) is 9.43. The summed E-state index contributed by atoms with van der Waals surface area (Å²) in [6.45, 7) is 0.971. The van der Waals surface area contributed by atoms with Gasteiger partial charge in [-0.15, -0.1) is 0 Å². The minimum atomic E-state index is -0.795. The number of guanidine groups is 1. The van der Waals surface area contributed by atoms with Crippen LogP contribution in [0.3, 0.4) is 0 Å². The molecule has 0 aromatic rings. The summed E-state index contributed by atoms with van der Waals surface area (Å²) < 4.78 is 0. The number of amides is 1. The number of nitrogens with two attached hydrogens (primary N) is 3. The van der Waals surface area contributed by atoms with Crippen LogP contribution in [0.25, 0.3) is 0 Å². The van der Waals surface area contributed by atoms with Crippen molar-refractivity contribution >= 4 is 17.8 Å². The fourth-order valence-corrected chi connectivity index (χ4v) is 1.57. The molecule has 0 aliphatic rings. The lowest BCUT2D eigenvalue weighted by atomic mass is 10.1. The second-order valence-corrected chi connectivity index (χ2v) is 4.55. The van der Waals surface area contributed by atoms with Crippen molar-refractivity contribution in [3.05, 3.63) is 0 Å². The lowest BCUT2D eigenvalue weighted by Crippen LogP contribution is -2.41. The smallest absolute Gasteiger partial charge is 0.303 e. The third-order valence-electron chi connectivity index (χ3n) is 2.67. The molecule has 8 N–H and O–H groups in total. The first kappa shape index (κ1) is 18.2. The number of rotatable bonds is 11. The number of aliphatic imine (C=N–C) groups is 1. The molecular weight excluding hydrogens is 262 g/mol. The summed E-state index contributed by atoms with van der Waals surface area (Å²) in [5, 5.41) is 11.2. The van der Waals surface area contributed by atoms with Crippen molar-refractivity contribution in [2.75, 3.05) is 13.1 Å². The highest BCUT2D eigenvalue weighted by molar-refractivity contribution is 5.81. The predicted molar refractivity (Wildman–Crippen MR) is 77.0 cm³/mol. The average Bonchev–Trinajstić information content (AvgIpc) is 2.37. The van der Waals surface area contributed by atoms with E-state index in [0.29, 0.717) is 32.4 Å². The Balaban J connectivity index is 3.55. The van der Waals surface area contributed by atoms with Crippen LogP contribution in [0.2, 0.25) is 0 Å². The molecule has 1 atom stereocenters. The molecule has 0 fully saturated rings. The van der Waals surface area contributed by atoms with Crippen LogP contribution in [-0.4, -0.2) is 42.1 Å². The Morgan fingerprint density at radius 2 is 1.85 bits per heavy atom. The van der Waals surface area contributed by atoms with Crippen molar-refractivity contribution in [3.8, 4) is 0 Å². The minimum absolute atomic E-state index is 0.0318. The van der Waals surface area contributed by atoms with E-state index in [0.717, 1.165) is 12.8 Å². The van der Waals surface area contributed by atoms with Crippen molar-refractivity contribution in [3.63, 3.8) is 0 Å². The molecule has 0 aromatic carbocycles. The van der Waals surface area contributed by atoms with Gasteiger partial charge in [0.2, 0.25) is 5.91 Å². The Labute approximate surface area is 118 Å². The molecule has 116 valence electrons. The molecule has 0 heterocycles. The first-order valence-electron chi connectivity index (χ1n) is 6.74. The Morgan fingerprint density at radius 3 is 2.45 bits per heavy atom. The molecule has 0 rings (SSSR count). The lowest BCUT2D eigenvalue weighted by molar-refractivity contribution is -0.137. The Kier molecular flexibility index (Phi) is 10.0. The number of carboxylic acids is 1. The highest BCUT2D eigenvalue weighted by atomic mass is 16.4. The monoisotopic (exact) mass is 287 g/mol. The molecule has 0 saturated carbocycles. The van der Waals surface area contributed by atoms with Gasteiger partial charge in [-0.25, -0.2) is 0 Å².